The molecule has 5 heteroatoms. The molecule has 0 saturated heterocycles. The molecule has 0 aliphatic rings. The van der Waals surface area contributed by atoms with Gasteiger partial charge in [-0.15, -0.1) is 0 Å². The van der Waals surface area contributed by atoms with E-state index >= 15 is 0 Å². The minimum Gasteiger partial charge on any atom is -0.329 e. The molecule has 9 N–H and O–H groups in total. The fourth-order valence-electron chi connectivity index (χ4n) is 0.496. The molecule has 82 valence electrons. The predicted molar refractivity (Wildman–Crippen MR) is 58.3 cm³/mol. The van der Waals surface area contributed by atoms with Crippen molar-refractivity contribution in [3.05, 3.63) is 0 Å². The second-order valence-corrected chi connectivity index (χ2v) is 2.73. The first-order valence-electron chi connectivity index (χ1n) is 4.79. The molecule has 13 heavy (non-hydrogen) atoms. The number of nitrogens with one attached hydrogen (secondary N) is 1. The summed E-state index contributed by atoms with van der Waals surface area (Å²) in [6.07, 6.45) is 0.983. The standard InChI is InChI=1S/C4H13N3.C4H12N2/c5-1-3-7-4-2-6;1-2-4(6)3-5/h7H,1-6H2;4H,2-3,5-6H2,1H3. The van der Waals surface area contributed by atoms with E-state index in [4.69, 9.17) is 22.9 Å². The van der Waals surface area contributed by atoms with E-state index in [1.165, 1.54) is 0 Å². The van der Waals surface area contributed by atoms with Gasteiger partial charge in [0.2, 0.25) is 0 Å². The van der Waals surface area contributed by atoms with Gasteiger partial charge in [-0.1, -0.05) is 6.92 Å². The van der Waals surface area contributed by atoms with Crippen molar-refractivity contribution >= 4 is 0 Å². The molecule has 0 aromatic carbocycles. The number of rotatable bonds is 6. The van der Waals surface area contributed by atoms with Crippen molar-refractivity contribution in [2.75, 3.05) is 32.7 Å². The van der Waals surface area contributed by atoms with Gasteiger partial charge in [-0.3, -0.25) is 0 Å². The SMILES string of the molecule is CCC(N)CN.NCCNCCN. The molecular formula is C8H25N5. The lowest BCUT2D eigenvalue weighted by Crippen LogP contribution is -2.28. The van der Waals surface area contributed by atoms with Gasteiger partial charge in [0.15, 0.2) is 0 Å². The Bertz CT molecular complexity index is 70.9. The molecule has 0 fully saturated rings. The Balaban J connectivity index is 0. The smallest absolute Gasteiger partial charge is 0.0160 e. The van der Waals surface area contributed by atoms with E-state index in [0.717, 1.165) is 19.5 Å². The molecule has 0 bridgehead atoms. The Kier molecular flexibility index (Phi) is 16.8. The lowest BCUT2D eigenvalue weighted by molar-refractivity contribution is 0.660. The molecule has 0 saturated carbocycles. The number of nitrogens with two attached hydrogens (primary N) is 4. The summed E-state index contributed by atoms with van der Waals surface area (Å²) in [5, 5.41) is 3.03. The third-order valence-corrected chi connectivity index (χ3v) is 1.47. The summed E-state index contributed by atoms with van der Waals surface area (Å²) < 4.78 is 0. The summed E-state index contributed by atoms with van der Waals surface area (Å²) in [4.78, 5) is 0. The Labute approximate surface area is 81.2 Å². The van der Waals surface area contributed by atoms with Crippen molar-refractivity contribution in [2.45, 2.75) is 19.4 Å². The average molecular weight is 191 g/mol. The van der Waals surface area contributed by atoms with Crippen molar-refractivity contribution in [3.63, 3.8) is 0 Å². The van der Waals surface area contributed by atoms with E-state index in [1.807, 2.05) is 6.92 Å². The van der Waals surface area contributed by atoms with Crippen molar-refractivity contribution in [1.82, 2.24) is 5.32 Å². The zero-order valence-corrected chi connectivity index (χ0v) is 8.63. The van der Waals surface area contributed by atoms with Gasteiger partial charge in [0.25, 0.3) is 0 Å². The van der Waals surface area contributed by atoms with Crippen LogP contribution in [0, 0.1) is 0 Å². The van der Waals surface area contributed by atoms with Crippen LogP contribution in [0.5, 0.6) is 0 Å². The van der Waals surface area contributed by atoms with E-state index in [1.54, 1.807) is 0 Å². The van der Waals surface area contributed by atoms with Crippen LogP contribution in [-0.4, -0.2) is 38.8 Å². The summed E-state index contributed by atoms with van der Waals surface area (Å²) in [5.41, 5.74) is 20.8. The topological polar surface area (TPSA) is 116 Å². The van der Waals surface area contributed by atoms with Crippen molar-refractivity contribution in [2.24, 2.45) is 22.9 Å². The van der Waals surface area contributed by atoms with Crippen molar-refractivity contribution in [1.29, 1.82) is 0 Å². The average Bonchev–Trinajstić information content (AvgIpc) is 2.18. The van der Waals surface area contributed by atoms with Gasteiger partial charge in [0.05, 0.1) is 0 Å². The third-order valence-electron chi connectivity index (χ3n) is 1.47. The molecule has 0 aromatic heterocycles. The Morgan fingerprint density at radius 3 is 1.69 bits per heavy atom. The maximum atomic E-state index is 5.35. The van der Waals surface area contributed by atoms with Crippen molar-refractivity contribution in [3.8, 4) is 0 Å². The minimum absolute atomic E-state index is 0.213. The number of hydrogen-bond acceptors (Lipinski definition) is 5. The van der Waals surface area contributed by atoms with Crippen LogP contribution in [0.25, 0.3) is 0 Å². The zero-order chi connectivity index (χ0) is 10.5. The molecule has 0 aliphatic heterocycles. The van der Waals surface area contributed by atoms with Crippen LogP contribution >= 0.6 is 0 Å². The first kappa shape index (κ1) is 15.3. The Hall–Kier alpha value is -0.200. The molecule has 1 atom stereocenters. The highest BCUT2D eigenvalue weighted by Crippen LogP contribution is 1.77. The molecule has 0 radical (unpaired) electrons. The van der Waals surface area contributed by atoms with E-state index in [0.29, 0.717) is 19.6 Å². The predicted octanol–water partition coefficient (Wildman–Crippen LogP) is -1.82. The van der Waals surface area contributed by atoms with E-state index in [-0.39, 0.29) is 6.04 Å². The molecule has 0 aromatic rings. The summed E-state index contributed by atoms with van der Waals surface area (Å²) in [7, 11) is 0. The molecule has 5 nitrogen and oxygen atoms in total. The molecule has 0 aliphatic carbocycles. The van der Waals surface area contributed by atoms with Gasteiger partial charge in [0.1, 0.15) is 0 Å². The van der Waals surface area contributed by atoms with Crippen molar-refractivity contribution < 1.29 is 0 Å². The van der Waals surface area contributed by atoms with Crippen LogP contribution < -0.4 is 28.3 Å². The maximum Gasteiger partial charge on any atom is 0.0160 e. The Morgan fingerprint density at radius 2 is 1.54 bits per heavy atom. The number of hydrogen-bond donors (Lipinski definition) is 5. The highest BCUT2D eigenvalue weighted by atomic mass is 14.9. The fourth-order valence-corrected chi connectivity index (χ4v) is 0.496. The van der Waals surface area contributed by atoms with Gasteiger partial charge >= 0.3 is 0 Å². The van der Waals surface area contributed by atoms with Crippen LogP contribution in [0.4, 0.5) is 0 Å². The van der Waals surface area contributed by atoms with Gasteiger partial charge in [-0.05, 0) is 6.42 Å². The highest BCUT2D eigenvalue weighted by Gasteiger charge is 1.88. The Morgan fingerprint density at radius 1 is 1.08 bits per heavy atom. The fraction of sp³-hybridized carbons (Fsp3) is 1.00. The maximum absolute atomic E-state index is 5.35. The lowest BCUT2D eigenvalue weighted by atomic mass is 10.2. The first-order chi connectivity index (χ1) is 6.22. The second-order valence-electron chi connectivity index (χ2n) is 2.73. The second kappa shape index (κ2) is 14.3. The zero-order valence-electron chi connectivity index (χ0n) is 8.63. The van der Waals surface area contributed by atoms with E-state index < -0.39 is 0 Å². The van der Waals surface area contributed by atoms with E-state index in [9.17, 15) is 0 Å². The largest absolute Gasteiger partial charge is 0.329 e. The minimum atomic E-state index is 0.213. The van der Waals surface area contributed by atoms with Crippen LogP contribution in [-0.2, 0) is 0 Å². The van der Waals surface area contributed by atoms with Gasteiger partial charge < -0.3 is 28.3 Å². The third kappa shape index (κ3) is 18.6. The monoisotopic (exact) mass is 191 g/mol. The molecule has 0 heterocycles. The molecule has 1 unspecified atom stereocenters. The molecule has 0 spiro atoms. The lowest BCUT2D eigenvalue weighted by Gasteiger charge is -1.99. The summed E-state index contributed by atoms with van der Waals surface area (Å²) in [6, 6.07) is 0.213. The summed E-state index contributed by atoms with van der Waals surface area (Å²) >= 11 is 0. The quantitative estimate of drug-likeness (QED) is 0.317. The first-order valence-corrected chi connectivity index (χ1v) is 4.79. The molecular weight excluding hydrogens is 166 g/mol. The highest BCUT2D eigenvalue weighted by molar-refractivity contribution is 4.55. The molecule has 0 rings (SSSR count). The van der Waals surface area contributed by atoms with Crippen LogP contribution in [0.2, 0.25) is 0 Å². The van der Waals surface area contributed by atoms with Gasteiger partial charge in [-0.2, -0.15) is 0 Å². The van der Waals surface area contributed by atoms with E-state index in [2.05, 4.69) is 5.32 Å². The van der Waals surface area contributed by atoms with Crippen LogP contribution in [0.3, 0.4) is 0 Å². The van der Waals surface area contributed by atoms with Gasteiger partial charge in [-0.25, -0.2) is 0 Å². The van der Waals surface area contributed by atoms with Gasteiger partial charge in [0, 0.05) is 38.8 Å². The van der Waals surface area contributed by atoms with Crippen LogP contribution in [0.1, 0.15) is 13.3 Å². The normalized spacial score (nSPS) is 11.8. The van der Waals surface area contributed by atoms with Crippen LogP contribution in [0.15, 0.2) is 0 Å². The summed E-state index contributed by atoms with van der Waals surface area (Å²) in [5.74, 6) is 0. The summed E-state index contributed by atoms with van der Waals surface area (Å²) in [6.45, 7) is 5.77. The molecule has 0 amide bonds.